The molecule has 328 valence electrons. The first-order valence-electron chi connectivity index (χ1n) is 21.6. The molecular weight excluding hydrogens is 831 g/mol. The van der Waals surface area contributed by atoms with E-state index in [9.17, 15) is 28.4 Å². The van der Waals surface area contributed by atoms with Crippen LogP contribution in [0.4, 0.5) is 21.6 Å². The summed E-state index contributed by atoms with van der Waals surface area (Å²) in [4.78, 5) is 78.7. The third kappa shape index (κ3) is 9.44. The molecule has 17 heteroatoms. The molecule has 3 aromatic carbocycles. The van der Waals surface area contributed by atoms with Crippen molar-refractivity contribution in [3.05, 3.63) is 94.5 Å². The van der Waals surface area contributed by atoms with Gasteiger partial charge in [-0.05, 0) is 112 Å². The number of benzene rings is 3. The highest BCUT2D eigenvalue weighted by molar-refractivity contribution is 6.31. The van der Waals surface area contributed by atoms with E-state index in [1.54, 1.807) is 30.3 Å². The molecule has 0 saturated carbocycles. The molecule has 0 bridgehead atoms. The first-order chi connectivity index (χ1) is 30.6. The normalized spacial score (nSPS) is 21.7. The van der Waals surface area contributed by atoms with Crippen molar-refractivity contribution in [2.24, 2.45) is 5.92 Å². The van der Waals surface area contributed by atoms with Crippen LogP contribution in [0.5, 0.6) is 5.75 Å². The maximum absolute atomic E-state index is 13.8. The van der Waals surface area contributed by atoms with Gasteiger partial charge in [0, 0.05) is 49.1 Å². The Labute approximate surface area is 368 Å². The van der Waals surface area contributed by atoms with Crippen LogP contribution in [-0.4, -0.2) is 119 Å². The van der Waals surface area contributed by atoms with Gasteiger partial charge in [-0.2, -0.15) is 0 Å². The smallest absolute Gasteiger partial charge is 0.262 e. The highest BCUT2D eigenvalue weighted by Gasteiger charge is 2.45. The van der Waals surface area contributed by atoms with E-state index in [1.165, 1.54) is 18.5 Å². The molecule has 15 nitrogen and oxygen atoms in total. The Morgan fingerprint density at radius 2 is 1.71 bits per heavy atom. The first-order valence-corrected chi connectivity index (χ1v) is 22.0. The number of amides is 5. The summed E-state index contributed by atoms with van der Waals surface area (Å²) in [7, 11) is 0. The molecule has 9 rings (SSSR count). The van der Waals surface area contributed by atoms with E-state index in [2.05, 4.69) is 35.7 Å². The van der Waals surface area contributed by atoms with Gasteiger partial charge in [-0.15, -0.1) is 0 Å². The number of ether oxygens (including phenoxy) is 2. The van der Waals surface area contributed by atoms with Crippen LogP contribution < -0.4 is 20.7 Å². The van der Waals surface area contributed by atoms with Gasteiger partial charge in [-0.3, -0.25) is 39.1 Å². The van der Waals surface area contributed by atoms with Crippen molar-refractivity contribution in [3.8, 4) is 5.75 Å². The lowest BCUT2D eigenvalue weighted by atomic mass is 9.87. The summed E-state index contributed by atoms with van der Waals surface area (Å²) < 4.78 is 25.6. The SMILES string of the molecule is O=C(/C=C/CN1CCC(CN2CCC(c3ccc4c(c3)C(=O)N(C3CCC(=O)NC3=O)C4=O)CC2)CC1)Nc1cc2c(Nc3ccc(F)c(Cl)c3)ncnc2cc1OC1CCOC1. The Morgan fingerprint density at radius 3 is 2.48 bits per heavy atom. The topological polar surface area (TPSA) is 175 Å². The maximum atomic E-state index is 13.8. The number of piperidine rings is 3. The zero-order valence-corrected chi connectivity index (χ0v) is 35.4. The molecule has 5 aliphatic heterocycles. The van der Waals surface area contributed by atoms with E-state index < -0.39 is 35.5 Å². The summed E-state index contributed by atoms with van der Waals surface area (Å²) in [6.07, 6.45) is 9.67. The Morgan fingerprint density at radius 1 is 0.921 bits per heavy atom. The zero-order valence-electron chi connectivity index (χ0n) is 34.6. The lowest BCUT2D eigenvalue weighted by Crippen LogP contribution is -2.54. The predicted octanol–water partition coefficient (Wildman–Crippen LogP) is 5.82. The van der Waals surface area contributed by atoms with E-state index in [0.717, 1.165) is 75.3 Å². The fourth-order valence-electron chi connectivity index (χ4n) is 9.27. The Balaban J connectivity index is 0.753. The van der Waals surface area contributed by atoms with Gasteiger partial charge in [0.25, 0.3) is 11.8 Å². The molecule has 2 unspecified atom stereocenters. The van der Waals surface area contributed by atoms with Crippen LogP contribution in [0.2, 0.25) is 5.02 Å². The molecule has 0 radical (unpaired) electrons. The number of hydrogen-bond donors (Lipinski definition) is 3. The van der Waals surface area contributed by atoms with Crippen LogP contribution >= 0.6 is 11.6 Å². The molecule has 4 saturated heterocycles. The lowest BCUT2D eigenvalue weighted by molar-refractivity contribution is -0.136. The number of imide groups is 2. The average Bonchev–Trinajstić information content (AvgIpc) is 3.88. The van der Waals surface area contributed by atoms with Crippen molar-refractivity contribution in [1.29, 1.82) is 0 Å². The van der Waals surface area contributed by atoms with Crippen LogP contribution in [0.15, 0.2) is 67.0 Å². The largest absolute Gasteiger partial charge is 0.486 e. The number of nitrogens with one attached hydrogen (secondary N) is 3. The van der Waals surface area contributed by atoms with Crippen LogP contribution in [0.1, 0.15) is 77.1 Å². The Hall–Kier alpha value is -5.81. The molecule has 5 amide bonds. The summed E-state index contributed by atoms with van der Waals surface area (Å²) in [5, 5.41) is 9.02. The Bertz CT molecular complexity index is 2480. The number of anilines is 3. The highest BCUT2D eigenvalue weighted by atomic mass is 35.5. The second-order valence-electron chi connectivity index (χ2n) is 16.9. The minimum absolute atomic E-state index is 0.0231. The van der Waals surface area contributed by atoms with E-state index in [4.69, 9.17) is 21.1 Å². The minimum Gasteiger partial charge on any atom is -0.486 e. The van der Waals surface area contributed by atoms with Crippen molar-refractivity contribution >= 4 is 69.2 Å². The fourth-order valence-corrected chi connectivity index (χ4v) is 9.45. The molecule has 0 spiro atoms. The maximum Gasteiger partial charge on any atom is 0.262 e. The number of carbonyl (C=O) groups is 5. The van der Waals surface area contributed by atoms with E-state index in [-0.39, 0.29) is 35.8 Å². The van der Waals surface area contributed by atoms with Crippen molar-refractivity contribution in [2.45, 2.75) is 63.0 Å². The number of nitrogens with zero attached hydrogens (tertiary/aromatic N) is 5. The molecule has 2 atom stereocenters. The quantitative estimate of drug-likeness (QED) is 0.115. The van der Waals surface area contributed by atoms with Crippen molar-refractivity contribution in [3.63, 3.8) is 0 Å². The number of aromatic nitrogens is 2. The molecule has 1 aromatic heterocycles. The van der Waals surface area contributed by atoms with Crippen LogP contribution in [0, 0.1) is 11.7 Å². The van der Waals surface area contributed by atoms with Gasteiger partial charge in [-0.25, -0.2) is 14.4 Å². The summed E-state index contributed by atoms with van der Waals surface area (Å²) in [5.41, 5.74) is 3.27. The second-order valence-corrected chi connectivity index (χ2v) is 17.3. The molecule has 4 fully saturated rings. The van der Waals surface area contributed by atoms with Gasteiger partial charge in [0.2, 0.25) is 17.7 Å². The van der Waals surface area contributed by atoms with E-state index in [1.807, 2.05) is 18.2 Å². The fraction of sp³-hybridized carbons (Fsp3) is 0.413. The number of halogens is 2. The van der Waals surface area contributed by atoms with Gasteiger partial charge >= 0.3 is 0 Å². The monoisotopic (exact) mass is 878 g/mol. The summed E-state index contributed by atoms with van der Waals surface area (Å²) in [5.74, 6) is -1.02. The van der Waals surface area contributed by atoms with Crippen LogP contribution in [-0.2, 0) is 19.1 Å². The standard InChI is InChI=1S/C46H48ClFN8O7/c47-35-21-30(4-6-36(35)48)51-43-34-22-38(40(23-37(34)49-26-50-43)63-31-13-19-62-25-31)52-41(57)2-1-14-54-15-9-27(10-16-54)24-55-17-11-28(12-18-55)29-3-5-32-33(20-29)46(61)56(45(32)60)39-7-8-42(58)53-44(39)59/h1-6,20-23,26-28,31,39H,7-19,24-25H2,(H,52,57)(H,49,50,51)(H,53,58,59)/b2-1+. The molecule has 5 aliphatic rings. The predicted molar refractivity (Wildman–Crippen MR) is 233 cm³/mol. The third-order valence-electron chi connectivity index (χ3n) is 12.7. The molecule has 0 aliphatic carbocycles. The lowest BCUT2D eigenvalue weighted by Gasteiger charge is -2.37. The van der Waals surface area contributed by atoms with Gasteiger partial charge < -0.3 is 25.0 Å². The molecule has 3 N–H and O–H groups in total. The average molecular weight is 879 g/mol. The van der Waals surface area contributed by atoms with Gasteiger partial charge in [0.15, 0.2) is 0 Å². The minimum atomic E-state index is -0.973. The molecular formula is C46H48ClFN8O7. The molecule has 6 heterocycles. The zero-order chi connectivity index (χ0) is 43.6. The summed E-state index contributed by atoms with van der Waals surface area (Å²) in [6, 6.07) is 12.4. The molecule has 63 heavy (non-hydrogen) atoms. The van der Waals surface area contributed by atoms with Crippen molar-refractivity contribution < 1.29 is 37.8 Å². The van der Waals surface area contributed by atoms with Gasteiger partial charge in [0.1, 0.15) is 35.9 Å². The number of fused-ring (bicyclic) bond motifs is 2. The summed E-state index contributed by atoms with van der Waals surface area (Å²) in [6.45, 7) is 6.49. The number of rotatable bonds is 12. The number of carbonyl (C=O) groups excluding carboxylic acids is 5. The van der Waals surface area contributed by atoms with Gasteiger partial charge in [-0.1, -0.05) is 23.7 Å². The summed E-state index contributed by atoms with van der Waals surface area (Å²) >= 11 is 6.02. The van der Waals surface area contributed by atoms with E-state index >= 15 is 0 Å². The van der Waals surface area contributed by atoms with Crippen molar-refractivity contribution in [2.75, 3.05) is 63.1 Å². The molecule has 4 aromatic rings. The van der Waals surface area contributed by atoms with Crippen molar-refractivity contribution in [1.82, 2.24) is 30.0 Å². The highest BCUT2D eigenvalue weighted by Crippen LogP contribution is 2.37. The third-order valence-corrected chi connectivity index (χ3v) is 13.0. The first kappa shape index (κ1) is 42.5. The van der Waals surface area contributed by atoms with Crippen LogP contribution in [0.25, 0.3) is 10.9 Å². The van der Waals surface area contributed by atoms with Gasteiger partial charge in [0.05, 0.1) is 40.6 Å². The van der Waals surface area contributed by atoms with E-state index in [0.29, 0.717) is 70.6 Å². The number of likely N-dealkylation sites (tertiary alicyclic amines) is 2. The Kier molecular flexibility index (Phi) is 12.5. The van der Waals surface area contributed by atoms with Crippen LogP contribution in [0.3, 0.4) is 0 Å². The second kappa shape index (κ2) is 18.5. The number of hydrogen-bond acceptors (Lipinski definition) is 12.